The van der Waals surface area contributed by atoms with E-state index in [-0.39, 0.29) is 39.8 Å². The Bertz CT molecular complexity index is 1340. The fraction of sp³-hybridized carbons (Fsp3) is 0.348. The summed E-state index contributed by atoms with van der Waals surface area (Å²) in [4.78, 5) is 33.8. The first-order chi connectivity index (χ1) is 19.0. The molecule has 0 bridgehead atoms. The van der Waals surface area contributed by atoms with Gasteiger partial charge in [0.05, 0.1) is 30.4 Å². The van der Waals surface area contributed by atoms with Crippen molar-refractivity contribution in [2.45, 2.75) is 44.6 Å². The highest BCUT2D eigenvalue weighted by Gasteiger charge is 2.42. The van der Waals surface area contributed by atoms with Crippen molar-refractivity contribution in [2.24, 2.45) is 0 Å². The Labute approximate surface area is 228 Å². The van der Waals surface area contributed by atoms with E-state index < -0.39 is 68.3 Å². The van der Waals surface area contributed by atoms with E-state index >= 15 is 0 Å². The van der Waals surface area contributed by atoms with Gasteiger partial charge in [0.15, 0.2) is 0 Å². The maximum Gasteiger partial charge on any atom is 0.492 e. The van der Waals surface area contributed by atoms with Gasteiger partial charge in [-0.1, -0.05) is 0 Å². The van der Waals surface area contributed by atoms with Gasteiger partial charge in [-0.25, -0.2) is 0 Å². The molecule has 2 atom stereocenters. The molecule has 2 heterocycles. The van der Waals surface area contributed by atoms with Crippen LogP contribution in [0.25, 0.3) is 0 Å². The van der Waals surface area contributed by atoms with Gasteiger partial charge in [-0.05, 0) is 60.3 Å². The summed E-state index contributed by atoms with van der Waals surface area (Å²) in [5, 5.41) is 32.8. The SMILES string of the molecule is CN[C@H](C(=O)O)C(C)NC(=O)c1cc2c(c(C(F)(F)F)c1)COB2O.O=Cc1cc2c(c(C(F)(F)F)c1)B(O)OC2. The lowest BCUT2D eigenvalue weighted by Gasteiger charge is -2.21. The third kappa shape index (κ3) is 7.08. The molecule has 0 saturated heterocycles. The van der Waals surface area contributed by atoms with E-state index in [1.807, 2.05) is 0 Å². The molecule has 0 radical (unpaired) electrons. The molecule has 4 rings (SSSR count). The summed E-state index contributed by atoms with van der Waals surface area (Å²) in [7, 11) is -1.75. The minimum absolute atomic E-state index is 0.0798. The first-order valence-corrected chi connectivity index (χ1v) is 11.7. The smallest absolute Gasteiger partial charge is 0.480 e. The van der Waals surface area contributed by atoms with E-state index in [9.17, 15) is 50.8 Å². The zero-order chi connectivity index (χ0) is 30.9. The van der Waals surface area contributed by atoms with E-state index in [0.717, 1.165) is 6.07 Å². The minimum Gasteiger partial charge on any atom is -0.480 e. The Morgan fingerprint density at radius 2 is 1.59 bits per heavy atom. The summed E-state index contributed by atoms with van der Waals surface area (Å²) in [6.45, 7) is 0.870. The number of aliphatic carboxylic acids is 1. The van der Waals surface area contributed by atoms with Gasteiger partial charge in [-0.2, -0.15) is 26.3 Å². The number of benzene rings is 2. The maximum absolute atomic E-state index is 13.2. The number of carboxylic acids is 1. The fourth-order valence-electron chi connectivity index (χ4n) is 4.38. The van der Waals surface area contributed by atoms with Crippen molar-refractivity contribution in [3.05, 3.63) is 57.6 Å². The molecule has 1 unspecified atom stereocenters. The van der Waals surface area contributed by atoms with Crippen LogP contribution in [0.15, 0.2) is 24.3 Å². The molecule has 5 N–H and O–H groups in total. The van der Waals surface area contributed by atoms with Crippen LogP contribution in [0.2, 0.25) is 0 Å². The van der Waals surface area contributed by atoms with Crippen molar-refractivity contribution < 1.29 is 65.2 Å². The second-order valence-electron chi connectivity index (χ2n) is 9.04. The molecule has 41 heavy (non-hydrogen) atoms. The van der Waals surface area contributed by atoms with Crippen molar-refractivity contribution in [2.75, 3.05) is 7.05 Å². The van der Waals surface area contributed by atoms with Crippen LogP contribution in [-0.2, 0) is 39.7 Å². The molecule has 0 saturated carbocycles. The first-order valence-electron chi connectivity index (χ1n) is 11.7. The molecular weight excluding hydrogens is 568 g/mol. The van der Waals surface area contributed by atoms with Gasteiger partial charge < -0.3 is 35.1 Å². The molecule has 2 aromatic carbocycles. The lowest BCUT2D eigenvalue weighted by Crippen LogP contribution is -2.51. The summed E-state index contributed by atoms with van der Waals surface area (Å²) in [5.41, 5.74) is -2.95. The predicted molar refractivity (Wildman–Crippen MR) is 130 cm³/mol. The molecule has 18 heteroatoms. The molecule has 2 aromatic rings. The molecule has 10 nitrogen and oxygen atoms in total. The van der Waals surface area contributed by atoms with Gasteiger partial charge in [0.2, 0.25) is 0 Å². The van der Waals surface area contributed by atoms with Gasteiger partial charge >= 0.3 is 32.6 Å². The molecule has 2 aliphatic rings. The number of carboxylic acid groups (broad SMARTS) is 1. The number of carbonyl (C=O) groups is 3. The summed E-state index contributed by atoms with van der Waals surface area (Å²) < 4.78 is 87.1. The molecule has 2 aliphatic heterocycles. The van der Waals surface area contributed by atoms with E-state index in [0.29, 0.717) is 18.4 Å². The zero-order valence-corrected chi connectivity index (χ0v) is 21.3. The Kier molecular flexibility index (Phi) is 9.54. The van der Waals surface area contributed by atoms with Gasteiger partial charge in [-0.15, -0.1) is 0 Å². The highest BCUT2D eigenvalue weighted by atomic mass is 19.4. The Balaban J connectivity index is 0.000000248. The van der Waals surface area contributed by atoms with Gasteiger partial charge in [-0.3, -0.25) is 14.4 Å². The number of likely N-dealkylation sites (N-methyl/N-ethyl adjacent to an activating group) is 1. The molecule has 0 aromatic heterocycles. The lowest BCUT2D eigenvalue weighted by atomic mass is 9.75. The number of carbonyl (C=O) groups excluding carboxylic acids is 2. The third-order valence-electron chi connectivity index (χ3n) is 6.31. The van der Waals surface area contributed by atoms with Crippen LogP contribution in [0, 0.1) is 0 Å². The van der Waals surface area contributed by atoms with E-state index in [2.05, 4.69) is 10.6 Å². The van der Waals surface area contributed by atoms with Gasteiger partial charge in [0, 0.05) is 11.1 Å². The van der Waals surface area contributed by atoms with Gasteiger partial charge in [0.25, 0.3) is 5.91 Å². The maximum atomic E-state index is 13.2. The van der Waals surface area contributed by atoms with Crippen LogP contribution in [0.3, 0.4) is 0 Å². The molecular formula is C23H22B2F6N2O8. The summed E-state index contributed by atoms with van der Waals surface area (Å²) in [6.07, 6.45) is -9.01. The summed E-state index contributed by atoms with van der Waals surface area (Å²) in [6, 6.07) is 1.77. The minimum atomic E-state index is -4.73. The van der Waals surface area contributed by atoms with Gasteiger partial charge in [0.1, 0.15) is 12.3 Å². The number of rotatable bonds is 6. The number of aldehydes is 1. The quantitative estimate of drug-likeness (QED) is 0.183. The van der Waals surface area contributed by atoms with E-state index in [1.165, 1.54) is 20.0 Å². The van der Waals surface area contributed by atoms with Crippen LogP contribution in [0.1, 0.15) is 49.9 Å². The molecule has 0 fully saturated rings. The summed E-state index contributed by atoms with van der Waals surface area (Å²) >= 11 is 0. The Morgan fingerprint density at radius 1 is 0.976 bits per heavy atom. The third-order valence-corrected chi connectivity index (χ3v) is 6.31. The number of fused-ring (bicyclic) bond motifs is 2. The van der Waals surface area contributed by atoms with Crippen LogP contribution in [0.4, 0.5) is 26.3 Å². The number of nitrogens with one attached hydrogen (secondary N) is 2. The van der Waals surface area contributed by atoms with E-state index in [4.69, 9.17) is 14.4 Å². The molecule has 220 valence electrons. The molecule has 0 spiro atoms. The number of hydrogen-bond donors (Lipinski definition) is 5. The predicted octanol–water partition coefficient (Wildman–Crippen LogP) is 0.450. The normalized spacial score (nSPS) is 15.9. The van der Waals surface area contributed by atoms with Crippen molar-refractivity contribution in [1.82, 2.24) is 10.6 Å². The van der Waals surface area contributed by atoms with Crippen LogP contribution in [-0.4, -0.2) is 66.7 Å². The van der Waals surface area contributed by atoms with Crippen molar-refractivity contribution in [3.8, 4) is 0 Å². The zero-order valence-electron chi connectivity index (χ0n) is 21.3. The van der Waals surface area contributed by atoms with Crippen LogP contribution < -0.4 is 21.6 Å². The monoisotopic (exact) mass is 590 g/mol. The Morgan fingerprint density at radius 3 is 2.12 bits per heavy atom. The second-order valence-corrected chi connectivity index (χ2v) is 9.04. The largest absolute Gasteiger partial charge is 0.492 e. The topological polar surface area (TPSA) is 154 Å². The first kappa shape index (κ1) is 32.1. The van der Waals surface area contributed by atoms with Crippen molar-refractivity contribution in [3.63, 3.8) is 0 Å². The second kappa shape index (κ2) is 12.2. The van der Waals surface area contributed by atoms with Crippen molar-refractivity contribution >= 4 is 43.3 Å². The Hall–Kier alpha value is -3.44. The number of alkyl halides is 6. The van der Waals surface area contributed by atoms with Crippen LogP contribution >= 0.6 is 0 Å². The fourth-order valence-corrected chi connectivity index (χ4v) is 4.38. The number of amides is 1. The standard InChI is InChI=1S/C14H16BF3N2O5.C9H6BF3O3/c1-6(11(19-2)13(22)23)20-12(21)7-3-9(14(16,17)18)8-5-25-15(24)10(8)4-7;11-9(12,13)7-2-5(3-14)1-6-4-16-10(15)8(6)7/h3-4,6,11,19,24H,5H2,1-2H3,(H,20,21)(H,22,23);1-3,15H,4H2/t6?,11-;/m0./s1. The van der Waals surface area contributed by atoms with Crippen LogP contribution in [0.5, 0.6) is 0 Å². The average molecular weight is 590 g/mol. The highest BCUT2D eigenvalue weighted by molar-refractivity contribution is 6.62. The summed E-state index contributed by atoms with van der Waals surface area (Å²) in [5.74, 6) is -2.11. The van der Waals surface area contributed by atoms with Crippen molar-refractivity contribution in [1.29, 1.82) is 0 Å². The lowest BCUT2D eigenvalue weighted by molar-refractivity contribution is -0.140. The average Bonchev–Trinajstić information content (AvgIpc) is 3.44. The number of hydrogen-bond acceptors (Lipinski definition) is 8. The van der Waals surface area contributed by atoms with E-state index in [1.54, 1.807) is 0 Å². The highest BCUT2D eigenvalue weighted by Crippen LogP contribution is 2.34. The molecule has 0 aliphatic carbocycles. The number of halogens is 6. The molecule has 1 amide bonds.